The lowest BCUT2D eigenvalue weighted by Gasteiger charge is -2.31. The zero-order valence-electron chi connectivity index (χ0n) is 17.9. The first-order valence-corrected chi connectivity index (χ1v) is 10.3. The Hall–Kier alpha value is -3.27. The van der Waals surface area contributed by atoms with Gasteiger partial charge in [-0.25, -0.2) is 13.8 Å². The van der Waals surface area contributed by atoms with Crippen LogP contribution < -0.4 is 20.3 Å². The van der Waals surface area contributed by atoms with Crippen molar-refractivity contribution in [2.24, 2.45) is 4.99 Å². The van der Waals surface area contributed by atoms with E-state index in [1.54, 1.807) is 0 Å². The summed E-state index contributed by atoms with van der Waals surface area (Å²) < 4.78 is 37.1. The number of fused-ring (bicyclic) bond motifs is 1. The molecular formula is C22H25F2N5O3. The van der Waals surface area contributed by atoms with Crippen LogP contribution in [0.25, 0.3) is 0 Å². The summed E-state index contributed by atoms with van der Waals surface area (Å²) in [4.78, 5) is 19.0. The van der Waals surface area contributed by atoms with Crippen LogP contribution in [0.4, 0.5) is 20.2 Å². The van der Waals surface area contributed by atoms with Crippen molar-refractivity contribution < 1.29 is 23.0 Å². The standard InChI is InChI=1S/C22H25F2N5O3/c1-22(2)9-13-7-16(17(8-18(13)32-22)29-3-5-31-6-4-29)28-21(30)15(10-25)20-26-11-14(12-27-20)19(23)24/h7-8,10-12,19,25-26H,3-6,9H2,1-2H3,(H,28,30)/b20-15-,25-10?. The zero-order chi connectivity index (χ0) is 22.9. The first-order chi connectivity index (χ1) is 15.3. The molecule has 0 saturated carbocycles. The fraction of sp³-hybridized carbons (Fsp3) is 0.409. The first-order valence-electron chi connectivity index (χ1n) is 10.3. The highest BCUT2D eigenvalue weighted by Crippen LogP contribution is 2.42. The molecule has 3 aliphatic rings. The maximum absolute atomic E-state index is 13.0. The predicted molar refractivity (Wildman–Crippen MR) is 118 cm³/mol. The molecule has 3 N–H and O–H groups in total. The average molecular weight is 445 g/mol. The van der Waals surface area contributed by atoms with Gasteiger partial charge in [0, 0.05) is 49.8 Å². The third-order valence-corrected chi connectivity index (χ3v) is 5.40. The van der Waals surface area contributed by atoms with E-state index in [0.717, 1.165) is 35.6 Å². The van der Waals surface area contributed by atoms with Crippen molar-refractivity contribution in [3.8, 4) is 5.75 Å². The number of rotatable bonds is 5. The summed E-state index contributed by atoms with van der Waals surface area (Å²) in [6, 6.07) is 3.82. The molecular weight excluding hydrogens is 420 g/mol. The number of aliphatic imine (C=N–C) groups is 1. The minimum atomic E-state index is -2.68. The Balaban J connectivity index is 1.64. The number of morpholine rings is 1. The molecule has 8 nitrogen and oxygen atoms in total. The number of allylic oxidation sites excluding steroid dienone is 1. The van der Waals surface area contributed by atoms with Gasteiger partial charge in [-0.05, 0) is 19.9 Å². The van der Waals surface area contributed by atoms with Gasteiger partial charge in [0.05, 0.1) is 35.7 Å². The van der Waals surface area contributed by atoms with Crippen LogP contribution in [0.2, 0.25) is 0 Å². The van der Waals surface area contributed by atoms with Gasteiger partial charge in [0.1, 0.15) is 17.2 Å². The molecule has 0 aliphatic carbocycles. The van der Waals surface area contributed by atoms with Gasteiger partial charge in [0.15, 0.2) is 0 Å². The van der Waals surface area contributed by atoms with Crippen LogP contribution in [0.15, 0.2) is 40.3 Å². The van der Waals surface area contributed by atoms with Gasteiger partial charge in [-0.2, -0.15) is 0 Å². The minimum Gasteiger partial charge on any atom is -0.487 e. The number of carbonyl (C=O) groups is 1. The number of hydrogen-bond donors (Lipinski definition) is 3. The molecule has 0 atom stereocenters. The van der Waals surface area contributed by atoms with E-state index in [-0.39, 0.29) is 22.6 Å². The van der Waals surface area contributed by atoms with Gasteiger partial charge in [-0.3, -0.25) is 4.79 Å². The number of amides is 1. The molecule has 0 spiro atoms. The number of nitrogens with zero attached hydrogens (tertiary/aromatic N) is 2. The van der Waals surface area contributed by atoms with Gasteiger partial charge >= 0.3 is 0 Å². The van der Waals surface area contributed by atoms with Crippen LogP contribution in [0.5, 0.6) is 5.75 Å². The van der Waals surface area contributed by atoms with Gasteiger partial charge in [-0.1, -0.05) is 0 Å². The number of carbonyl (C=O) groups excluding carboxylic acids is 1. The van der Waals surface area contributed by atoms with Crippen LogP contribution >= 0.6 is 0 Å². The number of halogens is 2. The van der Waals surface area contributed by atoms with Gasteiger partial charge in [0.25, 0.3) is 12.3 Å². The SMILES string of the molecule is CC1(C)Cc2cc(NC(=O)/C(C=N)=C3\N=CC(C(F)F)=CN3)c(N3CCOCC3)cc2O1. The van der Waals surface area contributed by atoms with E-state index in [1.165, 1.54) is 0 Å². The number of nitrogens with one attached hydrogen (secondary N) is 3. The molecule has 1 aromatic carbocycles. The second-order valence-electron chi connectivity index (χ2n) is 8.32. The lowest BCUT2D eigenvalue weighted by atomic mass is 10.0. The molecule has 3 heterocycles. The Morgan fingerprint density at radius 2 is 2.09 bits per heavy atom. The molecule has 0 bridgehead atoms. The Morgan fingerprint density at radius 1 is 1.34 bits per heavy atom. The van der Waals surface area contributed by atoms with E-state index in [0.29, 0.717) is 38.4 Å². The maximum Gasteiger partial charge on any atom is 0.266 e. The smallest absolute Gasteiger partial charge is 0.266 e. The third-order valence-electron chi connectivity index (χ3n) is 5.40. The van der Waals surface area contributed by atoms with E-state index in [1.807, 2.05) is 26.0 Å². The Labute approximate surface area is 184 Å². The highest BCUT2D eigenvalue weighted by molar-refractivity contribution is 6.18. The highest BCUT2D eigenvalue weighted by Gasteiger charge is 2.32. The minimum absolute atomic E-state index is 0.0282. The van der Waals surface area contributed by atoms with Crippen molar-refractivity contribution in [1.82, 2.24) is 5.32 Å². The topological polar surface area (TPSA) is 99.0 Å². The Morgan fingerprint density at radius 3 is 2.72 bits per heavy atom. The summed E-state index contributed by atoms with van der Waals surface area (Å²) in [6.07, 6.45) is 0.933. The highest BCUT2D eigenvalue weighted by atomic mass is 19.3. The zero-order valence-corrected chi connectivity index (χ0v) is 17.9. The maximum atomic E-state index is 13.0. The fourth-order valence-electron chi connectivity index (χ4n) is 3.87. The molecule has 4 rings (SSSR count). The molecule has 3 aliphatic heterocycles. The molecule has 0 unspecified atom stereocenters. The molecule has 1 aromatic rings. The Bertz CT molecular complexity index is 1030. The van der Waals surface area contributed by atoms with E-state index in [2.05, 4.69) is 20.5 Å². The monoisotopic (exact) mass is 445 g/mol. The summed E-state index contributed by atoms with van der Waals surface area (Å²) in [5.74, 6) is 0.241. The summed E-state index contributed by atoms with van der Waals surface area (Å²) in [6.45, 7) is 6.48. The Kier molecular flexibility index (Phi) is 5.96. The molecule has 1 fully saturated rings. The number of hydrogen-bond acceptors (Lipinski definition) is 7. The number of benzene rings is 1. The molecule has 170 valence electrons. The summed E-state index contributed by atoms with van der Waals surface area (Å²) in [5, 5.41) is 13.1. The van der Waals surface area contributed by atoms with Crippen molar-refractivity contribution in [1.29, 1.82) is 5.41 Å². The first kappa shape index (κ1) is 21.9. The van der Waals surface area contributed by atoms with Crippen LogP contribution in [0.3, 0.4) is 0 Å². The van der Waals surface area contributed by atoms with Gasteiger partial charge in [-0.15, -0.1) is 0 Å². The lowest BCUT2D eigenvalue weighted by molar-refractivity contribution is -0.112. The normalized spacial score (nSPS) is 20.8. The molecule has 0 aromatic heterocycles. The quantitative estimate of drug-likeness (QED) is 0.478. The van der Waals surface area contributed by atoms with Crippen LogP contribution in [0.1, 0.15) is 19.4 Å². The second kappa shape index (κ2) is 8.70. The molecule has 10 heteroatoms. The van der Waals surface area contributed by atoms with Crippen LogP contribution in [-0.2, 0) is 16.0 Å². The van der Waals surface area contributed by atoms with Gasteiger partial charge < -0.3 is 30.4 Å². The van der Waals surface area contributed by atoms with Crippen LogP contribution in [0, 0.1) is 5.41 Å². The van der Waals surface area contributed by atoms with E-state index in [4.69, 9.17) is 14.9 Å². The number of anilines is 2. The van der Waals surface area contributed by atoms with Crippen molar-refractivity contribution in [2.45, 2.75) is 32.3 Å². The molecule has 32 heavy (non-hydrogen) atoms. The summed E-state index contributed by atoms with van der Waals surface area (Å²) in [7, 11) is 0. The number of alkyl halides is 2. The number of ether oxygens (including phenoxy) is 2. The molecule has 0 radical (unpaired) electrons. The van der Waals surface area contributed by atoms with Crippen LogP contribution in [-0.4, -0.2) is 56.7 Å². The third kappa shape index (κ3) is 4.50. The molecule has 1 saturated heterocycles. The second-order valence-corrected chi connectivity index (χ2v) is 8.32. The molecule has 1 amide bonds. The predicted octanol–water partition coefficient (Wildman–Crippen LogP) is 2.86. The van der Waals surface area contributed by atoms with E-state index in [9.17, 15) is 13.6 Å². The van der Waals surface area contributed by atoms with Crippen molar-refractivity contribution >= 4 is 29.7 Å². The summed E-state index contributed by atoms with van der Waals surface area (Å²) >= 11 is 0. The fourth-order valence-corrected chi connectivity index (χ4v) is 3.87. The van der Waals surface area contributed by atoms with Gasteiger partial charge in [0.2, 0.25) is 0 Å². The average Bonchev–Trinajstić information content (AvgIpc) is 3.07. The van der Waals surface area contributed by atoms with E-state index >= 15 is 0 Å². The summed E-state index contributed by atoms with van der Waals surface area (Å²) in [5.41, 5.74) is 1.65. The van der Waals surface area contributed by atoms with Crippen molar-refractivity contribution in [3.05, 3.63) is 40.9 Å². The lowest BCUT2D eigenvalue weighted by Crippen LogP contribution is -2.37. The van der Waals surface area contributed by atoms with Crippen molar-refractivity contribution in [3.63, 3.8) is 0 Å². The van der Waals surface area contributed by atoms with Crippen molar-refractivity contribution in [2.75, 3.05) is 36.5 Å². The largest absolute Gasteiger partial charge is 0.487 e. The van der Waals surface area contributed by atoms with E-state index < -0.39 is 12.3 Å².